The van der Waals surface area contributed by atoms with Gasteiger partial charge in [-0.3, -0.25) is 4.79 Å². The first kappa shape index (κ1) is 18.8. The van der Waals surface area contributed by atoms with Gasteiger partial charge in [0.25, 0.3) is 5.91 Å². The van der Waals surface area contributed by atoms with Crippen molar-refractivity contribution in [3.63, 3.8) is 0 Å². The summed E-state index contributed by atoms with van der Waals surface area (Å²) in [5.41, 5.74) is -1.11. The second kappa shape index (κ2) is 7.55. The molecule has 7 heteroatoms. The zero-order valence-corrected chi connectivity index (χ0v) is 13.7. The van der Waals surface area contributed by atoms with Gasteiger partial charge in [-0.2, -0.15) is 13.2 Å². The molecule has 0 saturated carbocycles. The number of halogens is 4. The molecule has 2 aromatic rings. The molecule has 3 nitrogen and oxygen atoms in total. The minimum atomic E-state index is -4.71. The van der Waals surface area contributed by atoms with Gasteiger partial charge in [-0.05, 0) is 43.7 Å². The van der Waals surface area contributed by atoms with Crippen LogP contribution in [0.2, 0.25) is 0 Å². The van der Waals surface area contributed by atoms with Crippen LogP contribution in [-0.4, -0.2) is 12.0 Å². The van der Waals surface area contributed by atoms with Gasteiger partial charge >= 0.3 is 6.18 Å². The number of rotatable bonds is 5. The van der Waals surface area contributed by atoms with E-state index in [2.05, 4.69) is 5.32 Å². The van der Waals surface area contributed by atoms with Crippen molar-refractivity contribution in [3.05, 3.63) is 65.0 Å². The Hall–Kier alpha value is -2.57. The second-order valence-electron chi connectivity index (χ2n) is 5.64. The van der Waals surface area contributed by atoms with E-state index < -0.39 is 23.5 Å². The molecule has 2 aromatic carbocycles. The van der Waals surface area contributed by atoms with Gasteiger partial charge in [-0.1, -0.05) is 18.2 Å². The highest BCUT2D eigenvalue weighted by Crippen LogP contribution is 2.32. The summed E-state index contributed by atoms with van der Waals surface area (Å²) in [6, 6.07) is 8.78. The molecule has 0 radical (unpaired) electrons. The molecular formula is C18H17F4NO2. The average Bonchev–Trinajstić information content (AvgIpc) is 2.52. The van der Waals surface area contributed by atoms with Gasteiger partial charge in [0, 0.05) is 6.54 Å². The molecule has 1 N–H and O–H groups in total. The molecule has 0 fully saturated rings. The van der Waals surface area contributed by atoms with Crippen LogP contribution in [-0.2, 0) is 12.7 Å². The van der Waals surface area contributed by atoms with E-state index in [1.807, 2.05) is 0 Å². The molecule has 0 spiro atoms. The van der Waals surface area contributed by atoms with Gasteiger partial charge < -0.3 is 10.1 Å². The maximum absolute atomic E-state index is 13.1. The smallest absolute Gasteiger partial charge is 0.416 e. The highest BCUT2D eigenvalue weighted by Gasteiger charge is 2.33. The van der Waals surface area contributed by atoms with E-state index in [1.54, 1.807) is 32.0 Å². The third kappa shape index (κ3) is 4.95. The molecule has 0 aliphatic heterocycles. The van der Waals surface area contributed by atoms with E-state index in [-0.39, 0.29) is 23.8 Å². The van der Waals surface area contributed by atoms with E-state index in [1.165, 1.54) is 6.07 Å². The number of amides is 1. The molecule has 0 aliphatic carbocycles. The van der Waals surface area contributed by atoms with E-state index in [9.17, 15) is 22.4 Å². The Labute approximate surface area is 142 Å². The SMILES string of the molecule is CC(C)Oc1ccccc1C(=O)NCc1ccc(F)cc1C(F)(F)F. The van der Waals surface area contributed by atoms with Crippen molar-refractivity contribution < 1.29 is 27.1 Å². The van der Waals surface area contributed by atoms with Gasteiger partial charge in [-0.15, -0.1) is 0 Å². The number of ether oxygens (including phenoxy) is 1. The quantitative estimate of drug-likeness (QED) is 0.799. The third-order valence-corrected chi connectivity index (χ3v) is 3.31. The largest absolute Gasteiger partial charge is 0.490 e. The van der Waals surface area contributed by atoms with Crippen LogP contribution in [0.4, 0.5) is 17.6 Å². The van der Waals surface area contributed by atoms with Crippen LogP contribution in [0, 0.1) is 5.82 Å². The first-order chi connectivity index (χ1) is 11.7. The van der Waals surface area contributed by atoms with E-state index >= 15 is 0 Å². The fraction of sp³-hybridized carbons (Fsp3) is 0.278. The number of para-hydroxylation sites is 1. The summed E-state index contributed by atoms with van der Waals surface area (Å²) >= 11 is 0. The monoisotopic (exact) mass is 355 g/mol. The molecule has 0 saturated heterocycles. The molecule has 0 atom stereocenters. The first-order valence-corrected chi connectivity index (χ1v) is 7.58. The Morgan fingerprint density at radius 3 is 2.48 bits per heavy atom. The molecule has 134 valence electrons. The molecule has 2 rings (SSSR count). The number of carbonyl (C=O) groups excluding carboxylic acids is 1. The van der Waals surface area contributed by atoms with Gasteiger partial charge in [0.2, 0.25) is 0 Å². The summed E-state index contributed by atoms with van der Waals surface area (Å²) < 4.78 is 57.6. The molecule has 0 unspecified atom stereocenters. The molecular weight excluding hydrogens is 338 g/mol. The van der Waals surface area contributed by atoms with E-state index in [0.717, 1.165) is 12.1 Å². The Morgan fingerprint density at radius 1 is 1.16 bits per heavy atom. The second-order valence-corrected chi connectivity index (χ2v) is 5.64. The summed E-state index contributed by atoms with van der Waals surface area (Å²) in [5, 5.41) is 2.42. The lowest BCUT2D eigenvalue weighted by atomic mass is 10.1. The summed E-state index contributed by atoms with van der Waals surface area (Å²) in [5.74, 6) is -1.23. The van der Waals surface area contributed by atoms with Crippen LogP contribution < -0.4 is 10.1 Å². The standard InChI is InChI=1S/C18H17F4NO2/c1-11(2)25-16-6-4-3-5-14(16)17(24)23-10-12-7-8-13(19)9-15(12)18(20,21)22/h3-9,11H,10H2,1-2H3,(H,23,24). The van der Waals surface area contributed by atoms with Crippen LogP contribution in [0.25, 0.3) is 0 Å². The van der Waals surface area contributed by atoms with Crippen molar-refractivity contribution in [1.82, 2.24) is 5.32 Å². The maximum atomic E-state index is 13.1. The van der Waals surface area contributed by atoms with Crippen LogP contribution >= 0.6 is 0 Å². The number of nitrogens with one attached hydrogen (secondary N) is 1. The number of hydrogen-bond donors (Lipinski definition) is 1. The maximum Gasteiger partial charge on any atom is 0.416 e. The Balaban J connectivity index is 2.19. The summed E-state index contributed by atoms with van der Waals surface area (Å²) in [6.45, 7) is 3.20. The van der Waals surface area contributed by atoms with Crippen molar-refractivity contribution >= 4 is 5.91 Å². The van der Waals surface area contributed by atoms with Crippen LogP contribution in [0.3, 0.4) is 0 Å². The lowest BCUT2D eigenvalue weighted by molar-refractivity contribution is -0.138. The van der Waals surface area contributed by atoms with Gasteiger partial charge in [-0.25, -0.2) is 4.39 Å². The van der Waals surface area contributed by atoms with Crippen LogP contribution in [0.1, 0.15) is 35.3 Å². The minimum absolute atomic E-state index is 0.164. The lowest BCUT2D eigenvalue weighted by Gasteiger charge is -2.16. The molecule has 0 aromatic heterocycles. The summed E-state index contributed by atoms with van der Waals surface area (Å²) in [7, 11) is 0. The van der Waals surface area contributed by atoms with Crippen LogP contribution in [0.5, 0.6) is 5.75 Å². The van der Waals surface area contributed by atoms with Crippen molar-refractivity contribution in [2.24, 2.45) is 0 Å². The number of hydrogen-bond acceptors (Lipinski definition) is 2. The van der Waals surface area contributed by atoms with Gasteiger partial charge in [0.15, 0.2) is 0 Å². The fourth-order valence-corrected chi connectivity index (χ4v) is 2.25. The van der Waals surface area contributed by atoms with Gasteiger partial charge in [0.1, 0.15) is 11.6 Å². The Bertz CT molecular complexity index is 757. The average molecular weight is 355 g/mol. The Morgan fingerprint density at radius 2 is 1.84 bits per heavy atom. The van der Waals surface area contributed by atoms with Crippen molar-refractivity contribution in [1.29, 1.82) is 0 Å². The zero-order chi connectivity index (χ0) is 18.6. The van der Waals surface area contributed by atoms with Crippen molar-refractivity contribution in [2.45, 2.75) is 32.7 Å². The van der Waals surface area contributed by atoms with E-state index in [4.69, 9.17) is 4.74 Å². The fourth-order valence-electron chi connectivity index (χ4n) is 2.25. The molecule has 0 heterocycles. The van der Waals surface area contributed by atoms with Crippen molar-refractivity contribution in [3.8, 4) is 5.75 Å². The highest BCUT2D eigenvalue weighted by atomic mass is 19.4. The molecule has 0 bridgehead atoms. The summed E-state index contributed by atoms with van der Waals surface area (Å²) in [4.78, 5) is 12.3. The third-order valence-electron chi connectivity index (χ3n) is 3.31. The Kier molecular flexibility index (Phi) is 5.66. The van der Waals surface area contributed by atoms with Crippen LogP contribution in [0.15, 0.2) is 42.5 Å². The molecule has 25 heavy (non-hydrogen) atoms. The normalized spacial score (nSPS) is 11.5. The van der Waals surface area contributed by atoms with Gasteiger partial charge in [0.05, 0.1) is 17.2 Å². The minimum Gasteiger partial charge on any atom is -0.490 e. The predicted octanol–water partition coefficient (Wildman–Crippen LogP) is 4.56. The summed E-state index contributed by atoms with van der Waals surface area (Å²) in [6.07, 6.45) is -4.87. The lowest BCUT2D eigenvalue weighted by Crippen LogP contribution is -2.25. The number of benzene rings is 2. The van der Waals surface area contributed by atoms with E-state index in [0.29, 0.717) is 11.8 Å². The topological polar surface area (TPSA) is 38.3 Å². The highest BCUT2D eigenvalue weighted by molar-refractivity contribution is 5.96. The molecule has 1 amide bonds. The molecule has 0 aliphatic rings. The predicted molar refractivity (Wildman–Crippen MR) is 84.8 cm³/mol. The first-order valence-electron chi connectivity index (χ1n) is 7.58. The number of alkyl halides is 3. The zero-order valence-electron chi connectivity index (χ0n) is 13.7. The number of carbonyl (C=O) groups is 1. The van der Waals surface area contributed by atoms with Crippen molar-refractivity contribution in [2.75, 3.05) is 0 Å².